The van der Waals surface area contributed by atoms with Gasteiger partial charge in [0.1, 0.15) is 0 Å². The number of piperazine rings is 1. The third kappa shape index (κ3) is 2.44. The predicted octanol–water partition coefficient (Wildman–Crippen LogP) is 2.15. The van der Waals surface area contributed by atoms with E-state index in [1.54, 1.807) is 6.20 Å². The minimum absolute atomic E-state index is 0.873. The molecule has 1 aromatic carbocycles. The lowest BCUT2D eigenvalue weighted by Crippen LogP contribution is -2.44. The van der Waals surface area contributed by atoms with Gasteiger partial charge in [-0.1, -0.05) is 12.1 Å². The summed E-state index contributed by atoms with van der Waals surface area (Å²) in [6, 6.07) is 10.6. The Balaban J connectivity index is 1.58. The molecule has 3 heterocycles. The van der Waals surface area contributed by atoms with Crippen LogP contribution in [0.25, 0.3) is 16.8 Å². The maximum atomic E-state index is 4.42. The van der Waals surface area contributed by atoms with E-state index in [2.05, 4.69) is 51.2 Å². The van der Waals surface area contributed by atoms with Crippen LogP contribution in [0.5, 0.6) is 0 Å². The number of fused-ring (bicyclic) bond motifs is 1. The number of hydrogen-bond donors (Lipinski definition) is 0. The van der Waals surface area contributed by atoms with Crippen LogP contribution in [0.2, 0.25) is 0 Å². The predicted molar refractivity (Wildman–Crippen MR) is 88.1 cm³/mol. The molecular weight excluding hydrogens is 274 g/mol. The van der Waals surface area contributed by atoms with Crippen LogP contribution in [0, 0.1) is 0 Å². The van der Waals surface area contributed by atoms with Crippen LogP contribution in [0.1, 0.15) is 0 Å². The minimum atomic E-state index is 0.873. The van der Waals surface area contributed by atoms with Crippen molar-refractivity contribution in [3.8, 4) is 11.1 Å². The molecule has 0 atom stereocenters. The number of likely N-dealkylation sites (N-methyl/N-ethyl adjacent to an activating group) is 1. The summed E-state index contributed by atoms with van der Waals surface area (Å²) < 4.78 is 1.81. The van der Waals surface area contributed by atoms with E-state index in [-0.39, 0.29) is 0 Å². The van der Waals surface area contributed by atoms with Gasteiger partial charge in [0.25, 0.3) is 0 Å². The summed E-state index contributed by atoms with van der Waals surface area (Å²) in [4.78, 5) is 9.24. The summed E-state index contributed by atoms with van der Waals surface area (Å²) >= 11 is 0. The highest BCUT2D eigenvalue weighted by molar-refractivity contribution is 5.66. The highest BCUT2D eigenvalue weighted by Crippen LogP contribution is 2.23. The molecule has 1 fully saturated rings. The van der Waals surface area contributed by atoms with Crippen LogP contribution in [0.3, 0.4) is 0 Å². The van der Waals surface area contributed by atoms with Crippen LogP contribution >= 0.6 is 0 Å². The summed E-state index contributed by atoms with van der Waals surface area (Å²) in [5.41, 5.74) is 4.42. The summed E-state index contributed by atoms with van der Waals surface area (Å²) in [7, 11) is 2.18. The van der Waals surface area contributed by atoms with Crippen LogP contribution in [-0.2, 0) is 0 Å². The van der Waals surface area contributed by atoms with Crippen LogP contribution in [-0.4, -0.2) is 52.7 Å². The van der Waals surface area contributed by atoms with Gasteiger partial charge in [0.2, 0.25) is 0 Å². The normalized spacial score (nSPS) is 16.3. The van der Waals surface area contributed by atoms with Gasteiger partial charge < -0.3 is 9.80 Å². The lowest BCUT2D eigenvalue weighted by Gasteiger charge is -2.34. The van der Waals surface area contributed by atoms with Gasteiger partial charge in [-0.25, -0.2) is 9.50 Å². The molecule has 0 N–H and O–H groups in total. The standard InChI is InChI=1S/C17H19N5/c1-20-8-10-21(11-9-20)16-4-2-14(3-5-16)15-12-18-17-6-7-19-22(17)13-15/h2-7,12-13H,8-11H2,1H3. The first-order valence-corrected chi connectivity index (χ1v) is 7.63. The van der Waals surface area contributed by atoms with Crippen LogP contribution in [0.15, 0.2) is 48.9 Å². The van der Waals surface area contributed by atoms with Crippen molar-refractivity contribution in [3.05, 3.63) is 48.9 Å². The van der Waals surface area contributed by atoms with E-state index in [4.69, 9.17) is 0 Å². The Morgan fingerprint density at radius 2 is 1.68 bits per heavy atom. The Labute approximate surface area is 129 Å². The summed E-state index contributed by atoms with van der Waals surface area (Å²) in [6.07, 6.45) is 5.69. The molecule has 4 rings (SSSR count). The number of aromatic nitrogens is 3. The van der Waals surface area contributed by atoms with Crippen molar-refractivity contribution >= 4 is 11.3 Å². The van der Waals surface area contributed by atoms with E-state index in [9.17, 15) is 0 Å². The van der Waals surface area contributed by atoms with Gasteiger partial charge in [-0.3, -0.25) is 0 Å². The first-order chi connectivity index (χ1) is 10.8. The molecule has 2 aromatic heterocycles. The fourth-order valence-corrected chi connectivity index (χ4v) is 2.89. The Hall–Kier alpha value is -2.40. The first kappa shape index (κ1) is 13.3. The second-order valence-corrected chi connectivity index (χ2v) is 5.81. The lowest BCUT2D eigenvalue weighted by atomic mass is 10.1. The first-order valence-electron chi connectivity index (χ1n) is 7.63. The molecule has 5 heteroatoms. The Morgan fingerprint density at radius 3 is 2.45 bits per heavy atom. The molecule has 0 bridgehead atoms. The molecule has 0 aliphatic carbocycles. The number of rotatable bonds is 2. The van der Waals surface area contributed by atoms with Gasteiger partial charge in [0.15, 0.2) is 5.65 Å². The molecular formula is C17H19N5. The minimum Gasteiger partial charge on any atom is -0.369 e. The third-order valence-electron chi connectivity index (χ3n) is 4.32. The fraction of sp³-hybridized carbons (Fsp3) is 0.294. The molecule has 3 aromatic rings. The summed E-state index contributed by atoms with van der Waals surface area (Å²) in [5, 5.41) is 4.24. The van der Waals surface area contributed by atoms with Crippen LogP contribution in [0.4, 0.5) is 5.69 Å². The SMILES string of the molecule is CN1CCN(c2ccc(-c3cnc4ccnn4c3)cc2)CC1. The van der Waals surface area contributed by atoms with Gasteiger partial charge in [-0.15, -0.1) is 0 Å². The number of hydrogen-bond acceptors (Lipinski definition) is 4. The van der Waals surface area contributed by atoms with Gasteiger partial charge in [0, 0.05) is 55.9 Å². The average molecular weight is 293 g/mol. The van der Waals surface area contributed by atoms with Crippen molar-refractivity contribution in [2.24, 2.45) is 0 Å². The van der Waals surface area contributed by atoms with E-state index in [0.29, 0.717) is 0 Å². The second-order valence-electron chi connectivity index (χ2n) is 5.81. The van der Waals surface area contributed by atoms with Crippen molar-refractivity contribution in [3.63, 3.8) is 0 Å². The Bertz CT molecular complexity index is 769. The van der Waals surface area contributed by atoms with E-state index in [1.165, 1.54) is 11.3 Å². The Morgan fingerprint density at radius 1 is 0.909 bits per heavy atom. The average Bonchev–Trinajstić information content (AvgIpc) is 3.03. The highest BCUT2D eigenvalue weighted by atomic mass is 15.2. The lowest BCUT2D eigenvalue weighted by molar-refractivity contribution is 0.313. The van der Waals surface area contributed by atoms with Gasteiger partial charge >= 0.3 is 0 Å². The topological polar surface area (TPSA) is 36.7 Å². The monoisotopic (exact) mass is 293 g/mol. The van der Waals surface area contributed by atoms with Crippen molar-refractivity contribution in [2.75, 3.05) is 38.1 Å². The smallest absolute Gasteiger partial charge is 0.154 e. The van der Waals surface area contributed by atoms with Crippen molar-refractivity contribution in [2.45, 2.75) is 0 Å². The van der Waals surface area contributed by atoms with E-state index >= 15 is 0 Å². The zero-order valence-electron chi connectivity index (χ0n) is 12.7. The maximum absolute atomic E-state index is 4.42. The van der Waals surface area contributed by atoms with Crippen molar-refractivity contribution in [1.82, 2.24) is 19.5 Å². The molecule has 5 nitrogen and oxygen atoms in total. The Kier molecular flexibility index (Phi) is 3.27. The van der Waals surface area contributed by atoms with E-state index in [0.717, 1.165) is 37.4 Å². The molecule has 22 heavy (non-hydrogen) atoms. The van der Waals surface area contributed by atoms with E-state index in [1.807, 2.05) is 23.0 Å². The number of benzene rings is 1. The van der Waals surface area contributed by atoms with Gasteiger partial charge in [-0.05, 0) is 24.7 Å². The zero-order valence-corrected chi connectivity index (χ0v) is 12.7. The maximum Gasteiger partial charge on any atom is 0.154 e. The summed E-state index contributed by atoms with van der Waals surface area (Å²) in [6.45, 7) is 4.44. The molecule has 0 radical (unpaired) electrons. The molecule has 0 unspecified atom stereocenters. The molecule has 0 saturated carbocycles. The van der Waals surface area contributed by atoms with Crippen molar-refractivity contribution < 1.29 is 0 Å². The number of anilines is 1. The van der Waals surface area contributed by atoms with E-state index < -0.39 is 0 Å². The van der Waals surface area contributed by atoms with Crippen molar-refractivity contribution in [1.29, 1.82) is 0 Å². The second kappa shape index (κ2) is 5.42. The summed E-state index contributed by atoms with van der Waals surface area (Å²) in [5.74, 6) is 0. The van der Waals surface area contributed by atoms with Gasteiger partial charge in [-0.2, -0.15) is 5.10 Å². The number of nitrogens with zero attached hydrogens (tertiary/aromatic N) is 5. The molecule has 1 saturated heterocycles. The molecule has 1 aliphatic rings. The highest BCUT2D eigenvalue weighted by Gasteiger charge is 2.14. The third-order valence-corrected chi connectivity index (χ3v) is 4.32. The van der Waals surface area contributed by atoms with Gasteiger partial charge in [0.05, 0.1) is 6.20 Å². The molecule has 0 spiro atoms. The molecule has 112 valence electrons. The fourth-order valence-electron chi connectivity index (χ4n) is 2.89. The zero-order chi connectivity index (χ0) is 14.9. The quantitative estimate of drug-likeness (QED) is 0.725. The molecule has 0 amide bonds. The largest absolute Gasteiger partial charge is 0.369 e. The molecule has 1 aliphatic heterocycles. The van der Waals surface area contributed by atoms with Crippen LogP contribution < -0.4 is 4.90 Å².